The lowest BCUT2D eigenvalue weighted by Crippen LogP contribution is -2.55. The molecule has 0 aliphatic carbocycles. The smallest absolute Gasteiger partial charge is 0.269 e. The van der Waals surface area contributed by atoms with Crippen LogP contribution in [-0.2, 0) is 10.2 Å². The van der Waals surface area contributed by atoms with Crippen LogP contribution in [0.2, 0.25) is 0 Å². The van der Waals surface area contributed by atoms with E-state index < -0.39 is 10.5 Å². The lowest BCUT2D eigenvalue weighted by molar-refractivity contribution is -0.384. The number of fused-ring (bicyclic) bond motifs is 1. The van der Waals surface area contributed by atoms with Gasteiger partial charge in [0, 0.05) is 34.9 Å². The summed E-state index contributed by atoms with van der Waals surface area (Å²) in [6, 6.07) is 23.0. The molecule has 1 aliphatic heterocycles. The molecule has 5 nitrogen and oxygen atoms in total. The number of amides is 1. The van der Waals surface area contributed by atoms with Crippen LogP contribution < -0.4 is 4.90 Å². The van der Waals surface area contributed by atoms with Gasteiger partial charge >= 0.3 is 0 Å². The number of non-ortho nitro benzene ring substituents is 1. The monoisotopic (exact) mass is 440 g/mol. The zero-order valence-electron chi connectivity index (χ0n) is 19.4. The Hall–Kier alpha value is -3.73. The first-order chi connectivity index (χ1) is 15.6. The molecular formula is C28H28N2O3. The van der Waals surface area contributed by atoms with Gasteiger partial charge in [-0.3, -0.25) is 14.9 Å². The van der Waals surface area contributed by atoms with Crippen LogP contribution in [0, 0.1) is 17.0 Å². The standard InChI is InChI=1S/C28H28N2O3/c1-20-9-14-22(15-10-20)28(4)19-27(2,3)29(25-8-6-5-7-24(25)28)26(31)18-13-21-11-16-23(17-12-21)30(32)33/h5-18H,19H2,1-4H3/b18-13+/t28-/m1/s1. The van der Waals surface area contributed by atoms with E-state index in [4.69, 9.17) is 0 Å². The molecule has 0 saturated carbocycles. The Kier molecular flexibility index (Phi) is 5.66. The molecule has 33 heavy (non-hydrogen) atoms. The van der Waals surface area contributed by atoms with Crippen molar-refractivity contribution in [1.82, 2.24) is 0 Å². The fourth-order valence-corrected chi connectivity index (χ4v) is 5.05. The number of carbonyl (C=O) groups excluding carboxylic acids is 1. The number of benzene rings is 3. The van der Waals surface area contributed by atoms with Crippen molar-refractivity contribution in [3.05, 3.63) is 111 Å². The Morgan fingerprint density at radius 1 is 0.970 bits per heavy atom. The van der Waals surface area contributed by atoms with E-state index in [1.807, 2.05) is 23.1 Å². The molecule has 1 heterocycles. The van der Waals surface area contributed by atoms with Crippen molar-refractivity contribution >= 4 is 23.4 Å². The number of nitro groups is 1. The summed E-state index contributed by atoms with van der Waals surface area (Å²) in [6.07, 6.45) is 4.03. The van der Waals surface area contributed by atoms with Crippen LogP contribution in [0.4, 0.5) is 11.4 Å². The average Bonchev–Trinajstić information content (AvgIpc) is 2.77. The van der Waals surface area contributed by atoms with Crippen molar-refractivity contribution < 1.29 is 9.72 Å². The molecule has 0 N–H and O–H groups in total. The Bertz CT molecular complexity index is 1230. The fourth-order valence-electron chi connectivity index (χ4n) is 5.05. The van der Waals surface area contributed by atoms with E-state index in [2.05, 4.69) is 58.0 Å². The van der Waals surface area contributed by atoms with Gasteiger partial charge < -0.3 is 4.90 Å². The zero-order valence-corrected chi connectivity index (χ0v) is 19.4. The number of para-hydroxylation sites is 1. The van der Waals surface area contributed by atoms with Gasteiger partial charge in [-0.25, -0.2) is 0 Å². The molecular weight excluding hydrogens is 412 g/mol. The van der Waals surface area contributed by atoms with Crippen molar-refractivity contribution in [2.24, 2.45) is 0 Å². The maximum atomic E-state index is 13.4. The van der Waals surface area contributed by atoms with Crippen LogP contribution in [0.25, 0.3) is 6.08 Å². The second-order valence-corrected chi connectivity index (χ2v) is 9.56. The molecule has 0 spiro atoms. The van der Waals surface area contributed by atoms with Crippen molar-refractivity contribution in [2.45, 2.75) is 45.1 Å². The predicted molar refractivity (Wildman–Crippen MR) is 132 cm³/mol. The summed E-state index contributed by atoms with van der Waals surface area (Å²) >= 11 is 0. The van der Waals surface area contributed by atoms with Gasteiger partial charge in [-0.15, -0.1) is 0 Å². The maximum Gasteiger partial charge on any atom is 0.269 e. The fraction of sp³-hybridized carbons (Fsp3) is 0.250. The van der Waals surface area contributed by atoms with Gasteiger partial charge in [0.15, 0.2) is 0 Å². The van der Waals surface area contributed by atoms with Crippen molar-refractivity contribution in [3.8, 4) is 0 Å². The number of carbonyl (C=O) groups is 1. The molecule has 0 radical (unpaired) electrons. The third-order valence-electron chi connectivity index (χ3n) is 6.56. The third kappa shape index (κ3) is 4.19. The van der Waals surface area contributed by atoms with Gasteiger partial charge in [0.05, 0.1) is 4.92 Å². The molecule has 3 aromatic carbocycles. The Labute approximate surface area is 194 Å². The van der Waals surface area contributed by atoms with Crippen LogP contribution in [-0.4, -0.2) is 16.4 Å². The van der Waals surface area contributed by atoms with Gasteiger partial charge in [-0.2, -0.15) is 0 Å². The van der Waals surface area contributed by atoms with Crippen molar-refractivity contribution in [1.29, 1.82) is 0 Å². The largest absolute Gasteiger partial charge is 0.303 e. The van der Waals surface area contributed by atoms with E-state index in [0.717, 1.165) is 23.2 Å². The zero-order chi connectivity index (χ0) is 23.8. The highest BCUT2D eigenvalue weighted by atomic mass is 16.6. The first kappa shape index (κ1) is 22.5. The van der Waals surface area contributed by atoms with Gasteiger partial charge in [-0.05, 0) is 68.2 Å². The van der Waals surface area contributed by atoms with Crippen molar-refractivity contribution in [3.63, 3.8) is 0 Å². The summed E-state index contributed by atoms with van der Waals surface area (Å²) in [4.78, 5) is 25.8. The molecule has 0 fully saturated rings. The second kappa shape index (κ2) is 8.32. The second-order valence-electron chi connectivity index (χ2n) is 9.56. The van der Waals surface area contributed by atoms with E-state index in [-0.39, 0.29) is 17.0 Å². The molecule has 168 valence electrons. The molecule has 0 saturated heterocycles. The number of nitro benzene ring substituents is 1. The highest BCUT2D eigenvalue weighted by Crippen LogP contribution is 2.50. The van der Waals surface area contributed by atoms with Crippen LogP contribution in [0.3, 0.4) is 0 Å². The van der Waals surface area contributed by atoms with E-state index in [9.17, 15) is 14.9 Å². The quantitative estimate of drug-likeness (QED) is 0.266. The Morgan fingerprint density at radius 3 is 2.24 bits per heavy atom. The molecule has 0 unspecified atom stereocenters. The number of hydrogen-bond donors (Lipinski definition) is 0. The minimum absolute atomic E-state index is 0.0277. The van der Waals surface area contributed by atoms with Crippen LogP contribution >= 0.6 is 0 Å². The highest BCUT2D eigenvalue weighted by molar-refractivity contribution is 6.06. The van der Waals surface area contributed by atoms with Crippen molar-refractivity contribution in [2.75, 3.05) is 4.90 Å². The lowest BCUT2D eigenvalue weighted by Gasteiger charge is -2.51. The van der Waals surface area contributed by atoms with E-state index in [1.165, 1.54) is 23.3 Å². The molecule has 1 atom stereocenters. The summed E-state index contributed by atoms with van der Waals surface area (Å²) in [5.41, 5.74) is 4.61. The molecule has 0 bridgehead atoms. The highest BCUT2D eigenvalue weighted by Gasteiger charge is 2.47. The predicted octanol–water partition coefficient (Wildman–Crippen LogP) is 6.44. The summed E-state index contributed by atoms with van der Waals surface area (Å²) in [6.45, 7) is 8.55. The maximum absolute atomic E-state index is 13.4. The number of rotatable bonds is 4. The van der Waals surface area contributed by atoms with Gasteiger partial charge in [-0.1, -0.05) is 55.0 Å². The van der Waals surface area contributed by atoms with E-state index in [0.29, 0.717) is 0 Å². The summed E-state index contributed by atoms with van der Waals surface area (Å²) in [7, 11) is 0. The van der Waals surface area contributed by atoms with Gasteiger partial charge in [0.2, 0.25) is 0 Å². The average molecular weight is 441 g/mol. The third-order valence-corrected chi connectivity index (χ3v) is 6.56. The first-order valence-electron chi connectivity index (χ1n) is 11.1. The first-order valence-corrected chi connectivity index (χ1v) is 11.1. The molecule has 4 rings (SSSR count). The molecule has 0 aromatic heterocycles. The number of aryl methyl sites for hydroxylation is 1. The number of nitrogens with zero attached hydrogens (tertiary/aromatic N) is 2. The topological polar surface area (TPSA) is 63.5 Å². The van der Waals surface area contributed by atoms with E-state index >= 15 is 0 Å². The summed E-state index contributed by atoms with van der Waals surface area (Å²) in [5.74, 6) is -0.114. The SMILES string of the molecule is Cc1ccc([C@@]2(C)CC(C)(C)N(C(=O)/C=C/c3ccc([N+](=O)[O-])cc3)c3ccccc32)cc1. The Balaban J connectivity index is 1.71. The van der Waals surface area contributed by atoms with E-state index in [1.54, 1.807) is 24.3 Å². The summed E-state index contributed by atoms with van der Waals surface area (Å²) < 4.78 is 0. The van der Waals surface area contributed by atoms with Crippen LogP contribution in [0.1, 0.15) is 49.4 Å². The number of hydrogen-bond acceptors (Lipinski definition) is 3. The Morgan fingerprint density at radius 2 is 1.61 bits per heavy atom. The lowest BCUT2D eigenvalue weighted by atomic mass is 9.65. The molecule has 5 heteroatoms. The summed E-state index contributed by atoms with van der Waals surface area (Å²) in [5, 5.41) is 10.9. The minimum Gasteiger partial charge on any atom is -0.303 e. The molecule has 3 aromatic rings. The van der Waals surface area contributed by atoms with Gasteiger partial charge in [0.25, 0.3) is 11.6 Å². The van der Waals surface area contributed by atoms with Crippen LogP contribution in [0.15, 0.2) is 78.9 Å². The molecule has 1 aliphatic rings. The number of anilines is 1. The molecule has 1 amide bonds. The van der Waals surface area contributed by atoms with Gasteiger partial charge in [0.1, 0.15) is 0 Å². The minimum atomic E-state index is -0.434. The van der Waals surface area contributed by atoms with Crippen LogP contribution in [0.5, 0.6) is 0 Å². The normalized spacial score (nSPS) is 19.3.